The quantitative estimate of drug-likeness (QED) is 0.879. The van der Waals surface area contributed by atoms with Crippen molar-refractivity contribution in [2.75, 3.05) is 7.11 Å². The van der Waals surface area contributed by atoms with Crippen LogP contribution in [0.25, 0.3) is 0 Å². The highest BCUT2D eigenvalue weighted by Gasteiger charge is 2.17. The molecule has 0 atom stereocenters. The molecule has 0 fully saturated rings. The summed E-state index contributed by atoms with van der Waals surface area (Å²) in [4.78, 5) is 0. The van der Waals surface area contributed by atoms with Gasteiger partial charge in [0, 0.05) is 5.54 Å². The number of halogens is 1. The molecule has 0 aliphatic carbocycles. The molecule has 3 heteroatoms. The van der Waals surface area contributed by atoms with Crippen LogP contribution in [0.5, 0.6) is 5.75 Å². The molecule has 0 aliphatic heterocycles. The third kappa shape index (κ3) is 3.39. The number of rotatable bonds is 4. The molecule has 1 aromatic rings. The summed E-state index contributed by atoms with van der Waals surface area (Å²) in [6, 6.07) is 4.08. The molecule has 2 N–H and O–H groups in total. The molecule has 16 heavy (non-hydrogen) atoms. The van der Waals surface area contributed by atoms with E-state index in [1.165, 1.54) is 5.56 Å². The van der Waals surface area contributed by atoms with E-state index in [0.717, 1.165) is 24.2 Å². The molecular formula is C13H20ClNO. The van der Waals surface area contributed by atoms with Gasteiger partial charge in [0.1, 0.15) is 5.75 Å². The molecule has 1 rings (SSSR count). The lowest BCUT2D eigenvalue weighted by Crippen LogP contribution is -2.34. The van der Waals surface area contributed by atoms with E-state index in [1.54, 1.807) is 7.11 Å². The van der Waals surface area contributed by atoms with E-state index in [1.807, 2.05) is 19.9 Å². The van der Waals surface area contributed by atoms with Crippen molar-refractivity contribution in [1.82, 2.24) is 0 Å². The van der Waals surface area contributed by atoms with Gasteiger partial charge < -0.3 is 10.5 Å². The molecule has 0 aromatic heterocycles. The van der Waals surface area contributed by atoms with Crippen molar-refractivity contribution in [3.8, 4) is 5.75 Å². The number of ether oxygens (including phenoxy) is 1. The van der Waals surface area contributed by atoms with Crippen molar-refractivity contribution in [2.24, 2.45) is 5.73 Å². The summed E-state index contributed by atoms with van der Waals surface area (Å²) in [6.45, 7) is 6.10. The van der Waals surface area contributed by atoms with Gasteiger partial charge in [-0.05, 0) is 43.9 Å². The average molecular weight is 242 g/mol. The Morgan fingerprint density at radius 2 is 2.00 bits per heavy atom. The molecule has 0 bridgehead atoms. The van der Waals surface area contributed by atoms with Gasteiger partial charge in [-0.3, -0.25) is 0 Å². The molecule has 0 unspecified atom stereocenters. The predicted octanol–water partition coefficient (Wildman–Crippen LogP) is 3.19. The number of methoxy groups -OCH3 is 1. The van der Waals surface area contributed by atoms with Crippen molar-refractivity contribution in [3.63, 3.8) is 0 Å². The van der Waals surface area contributed by atoms with Gasteiger partial charge in [0.05, 0.1) is 12.1 Å². The van der Waals surface area contributed by atoms with Crippen LogP contribution in [0.15, 0.2) is 12.1 Å². The van der Waals surface area contributed by atoms with Crippen LogP contribution in [-0.4, -0.2) is 12.6 Å². The van der Waals surface area contributed by atoms with Gasteiger partial charge in [0.2, 0.25) is 0 Å². The number of benzene rings is 1. The molecule has 0 saturated heterocycles. The molecule has 0 radical (unpaired) electrons. The van der Waals surface area contributed by atoms with Crippen LogP contribution in [0, 0.1) is 0 Å². The first-order chi connectivity index (χ1) is 7.37. The summed E-state index contributed by atoms with van der Waals surface area (Å²) < 4.78 is 5.33. The first-order valence-electron chi connectivity index (χ1n) is 5.51. The Morgan fingerprint density at radius 1 is 1.38 bits per heavy atom. The zero-order chi connectivity index (χ0) is 12.3. The normalized spacial score (nSPS) is 11.6. The number of aryl methyl sites for hydroxylation is 1. The zero-order valence-corrected chi connectivity index (χ0v) is 11.2. The van der Waals surface area contributed by atoms with Crippen LogP contribution in [0.2, 0.25) is 5.02 Å². The molecule has 0 saturated carbocycles. The van der Waals surface area contributed by atoms with E-state index >= 15 is 0 Å². The SMILES string of the molecule is CCc1cc(Cl)c(OC)c(CC(C)(C)N)c1. The van der Waals surface area contributed by atoms with Gasteiger partial charge in [-0.2, -0.15) is 0 Å². The van der Waals surface area contributed by atoms with Crippen LogP contribution in [0.1, 0.15) is 31.9 Å². The predicted molar refractivity (Wildman–Crippen MR) is 69.4 cm³/mol. The molecule has 1 aromatic carbocycles. The van der Waals surface area contributed by atoms with Gasteiger partial charge in [-0.1, -0.05) is 24.6 Å². The lowest BCUT2D eigenvalue weighted by atomic mass is 9.94. The Kier molecular flexibility index (Phi) is 4.22. The van der Waals surface area contributed by atoms with E-state index in [-0.39, 0.29) is 5.54 Å². The van der Waals surface area contributed by atoms with E-state index in [0.29, 0.717) is 5.02 Å². The number of nitrogens with two attached hydrogens (primary N) is 1. The molecule has 0 aliphatic rings. The second-order valence-electron chi connectivity index (χ2n) is 4.79. The fourth-order valence-electron chi connectivity index (χ4n) is 1.77. The van der Waals surface area contributed by atoms with Crippen molar-refractivity contribution in [3.05, 3.63) is 28.3 Å². The average Bonchev–Trinajstić information content (AvgIpc) is 2.14. The number of hydrogen-bond acceptors (Lipinski definition) is 2. The summed E-state index contributed by atoms with van der Waals surface area (Å²) in [7, 11) is 1.64. The maximum Gasteiger partial charge on any atom is 0.140 e. The smallest absolute Gasteiger partial charge is 0.140 e. The summed E-state index contributed by atoms with van der Waals surface area (Å²) in [5.74, 6) is 0.748. The topological polar surface area (TPSA) is 35.2 Å². The Hall–Kier alpha value is -0.730. The van der Waals surface area contributed by atoms with E-state index in [4.69, 9.17) is 22.1 Å². The first kappa shape index (κ1) is 13.3. The molecule has 0 amide bonds. The van der Waals surface area contributed by atoms with Gasteiger partial charge >= 0.3 is 0 Å². The number of hydrogen-bond donors (Lipinski definition) is 1. The molecule has 0 spiro atoms. The molecular weight excluding hydrogens is 222 g/mol. The fourth-order valence-corrected chi connectivity index (χ4v) is 2.11. The zero-order valence-electron chi connectivity index (χ0n) is 10.4. The van der Waals surface area contributed by atoms with Crippen LogP contribution in [0.4, 0.5) is 0 Å². The summed E-state index contributed by atoms with van der Waals surface area (Å²) in [6.07, 6.45) is 1.71. The van der Waals surface area contributed by atoms with Crippen molar-refractivity contribution < 1.29 is 4.74 Å². The van der Waals surface area contributed by atoms with E-state index in [2.05, 4.69) is 13.0 Å². The van der Waals surface area contributed by atoms with Crippen molar-refractivity contribution in [1.29, 1.82) is 0 Å². The standard InChI is InChI=1S/C13H20ClNO/c1-5-9-6-10(8-13(2,3)15)12(16-4)11(14)7-9/h6-7H,5,8,15H2,1-4H3. The molecule has 90 valence electrons. The highest BCUT2D eigenvalue weighted by molar-refractivity contribution is 6.32. The Balaban J connectivity index is 3.18. The third-order valence-corrected chi connectivity index (χ3v) is 2.72. The van der Waals surface area contributed by atoms with Gasteiger partial charge in [-0.25, -0.2) is 0 Å². The van der Waals surface area contributed by atoms with Crippen LogP contribution in [0.3, 0.4) is 0 Å². The van der Waals surface area contributed by atoms with Crippen molar-refractivity contribution in [2.45, 2.75) is 39.2 Å². The lowest BCUT2D eigenvalue weighted by Gasteiger charge is -2.21. The fraction of sp³-hybridized carbons (Fsp3) is 0.538. The van der Waals surface area contributed by atoms with E-state index in [9.17, 15) is 0 Å². The second-order valence-corrected chi connectivity index (χ2v) is 5.20. The summed E-state index contributed by atoms with van der Waals surface area (Å²) in [5, 5.41) is 0.668. The minimum atomic E-state index is -0.261. The maximum atomic E-state index is 6.18. The van der Waals surface area contributed by atoms with Crippen LogP contribution >= 0.6 is 11.6 Å². The maximum absolute atomic E-state index is 6.18. The Bertz CT molecular complexity index is 369. The second kappa shape index (κ2) is 5.07. The van der Waals surface area contributed by atoms with Crippen LogP contribution < -0.4 is 10.5 Å². The van der Waals surface area contributed by atoms with Crippen LogP contribution in [-0.2, 0) is 12.8 Å². The Labute approximate surface area is 103 Å². The minimum Gasteiger partial charge on any atom is -0.495 e. The van der Waals surface area contributed by atoms with E-state index < -0.39 is 0 Å². The monoisotopic (exact) mass is 241 g/mol. The largest absolute Gasteiger partial charge is 0.495 e. The first-order valence-corrected chi connectivity index (χ1v) is 5.89. The van der Waals surface area contributed by atoms with Gasteiger partial charge in [0.15, 0.2) is 0 Å². The lowest BCUT2D eigenvalue weighted by molar-refractivity contribution is 0.402. The summed E-state index contributed by atoms with van der Waals surface area (Å²) >= 11 is 6.18. The third-order valence-electron chi connectivity index (χ3n) is 2.44. The van der Waals surface area contributed by atoms with Gasteiger partial charge in [0.25, 0.3) is 0 Å². The molecule has 0 heterocycles. The highest BCUT2D eigenvalue weighted by Crippen LogP contribution is 2.32. The van der Waals surface area contributed by atoms with Gasteiger partial charge in [-0.15, -0.1) is 0 Å². The minimum absolute atomic E-state index is 0.261. The highest BCUT2D eigenvalue weighted by atomic mass is 35.5. The van der Waals surface area contributed by atoms with Crippen molar-refractivity contribution >= 4 is 11.6 Å². The Morgan fingerprint density at radius 3 is 2.44 bits per heavy atom. The summed E-state index contributed by atoms with van der Waals surface area (Å²) in [5.41, 5.74) is 8.07. The molecule has 2 nitrogen and oxygen atoms in total.